The third kappa shape index (κ3) is 4.01. The molecule has 0 aromatic carbocycles. The van der Waals surface area contributed by atoms with E-state index in [4.69, 9.17) is 0 Å². The van der Waals surface area contributed by atoms with E-state index in [1.165, 1.54) is 10.9 Å². The van der Waals surface area contributed by atoms with Gasteiger partial charge >= 0.3 is 6.18 Å². The predicted molar refractivity (Wildman–Crippen MR) is 113 cm³/mol. The summed E-state index contributed by atoms with van der Waals surface area (Å²) in [7, 11) is 0. The van der Waals surface area contributed by atoms with Crippen LogP contribution in [0.15, 0.2) is 23.1 Å². The van der Waals surface area contributed by atoms with Crippen LogP contribution >= 0.6 is 0 Å². The summed E-state index contributed by atoms with van der Waals surface area (Å²) in [6, 6.07) is 3.36. The van der Waals surface area contributed by atoms with E-state index in [9.17, 15) is 22.8 Å². The van der Waals surface area contributed by atoms with Gasteiger partial charge in [-0.3, -0.25) is 14.3 Å². The van der Waals surface area contributed by atoms with Crippen molar-refractivity contribution in [2.45, 2.75) is 58.8 Å². The van der Waals surface area contributed by atoms with Gasteiger partial charge in [0.25, 0.3) is 5.91 Å². The number of hydrogen-bond acceptors (Lipinski definition) is 4. The number of nitrogens with zero attached hydrogens (tertiary/aromatic N) is 4. The second-order valence-electron chi connectivity index (χ2n) is 7.94. The summed E-state index contributed by atoms with van der Waals surface area (Å²) >= 11 is 0. The van der Waals surface area contributed by atoms with Gasteiger partial charge in [0.2, 0.25) is 5.43 Å². The van der Waals surface area contributed by atoms with Gasteiger partial charge in [-0.15, -0.1) is 0 Å². The smallest absolute Gasteiger partial charge is 0.350 e. The number of hydrogen-bond donors (Lipinski definition) is 1. The Bertz CT molecular complexity index is 1240. The first kappa shape index (κ1) is 22.0. The van der Waals surface area contributed by atoms with Gasteiger partial charge in [0.1, 0.15) is 11.2 Å². The number of aromatic nitrogens is 4. The van der Waals surface area contributed by atoms with Crippen LogP contribution in [0.5, 0.6) is 0 Å². The molecule has 7 nitrogen and oxygen atoms in total. The number of pyridine rings is 2. The monoisotopic (exact) mass is 447 g/mol. The fourth-order valence-corrected chi connectivity index (χ4v) is 4.22. The van der Waals surface area contributed by atoms with E-state index in [0.29, 0.717) is 42.5 Å². The molecule has 32 heavy (non-hydrogen) atoms. The highest BCUT2D eigenvalue weighted by atomic mass is 19.4. The van der Waals surface area contributed by atoms with Crippen molar-refractivity contribution < 1.29 is 18.0 Å². The summed E-state index contributed by atoms with van der Waals surface area (Å²) in [5.41, 5.74) is 0.834. The average molecular weight is 447 g/mol. The van der Waals surface area contributed by atoms with Crippen molar-refractivity contribution in [3.63, 3.8) is 0 Å². The van der Waals surface area contributed by atoms with Crippen LogP contribution in [0.4, 0.5) is 13.2 Å². The quantitative estimate of drug-likeness (QED) is 0.651. The molecular formula is C22H24F3N5O2. The number of carbonyl (C=O) groups excluding carboxylic acids is 1. The molecule has 1 aliphatic rings. The molecule has 10 heteroatoms. The Morgan fingerprint density at radius 2 is 1.97 bits per heavy atom. The van der Waals surface area contributed by atoms with Gasteiger partial charge in [-0.05, 0) is 51.7 Å². The number of rotatable bonds is 5. The molecule has 0 fully saturated rings. The SMILES string of the molecule is CCn1cc(C(=O)NCCn2nc(C(F)(F)F)c3c2CCCC3)c(=O)c2ccc(C)nc21. The van der Waals surface area contributed by atoms with E-state index in [-0.39, 0.29) is 24.2 Å². The zero-order valence-electron chi connectivity index (χ0n) is 17.9. The molecule has 1 amide bonds. The number of aryl methyl sites for hydroxylation is 2. The molecule has 0 radical (unpaired) electrons. The number of carbonyl (C=O) groups is 1. The van der Waals surface area contributed by atoms with Crippen molar-refractivity contribution >= 4 is 16.9 Å². The lowest BCUT2D eigenvalue weighted by molar-refractivity contribution is -0.142. The average Bonchev–Trinajstić information content (AvgIpc) is 3.13. The van der Waals surface area contributed by atoms with Crippen LogP contribution in [0.25, 0.3) is 11.0 Å². The van der Waals surface area contributed by atoms with Crippen molar-refractivity contribution in [1.29, 1.82) is 0 Å². The number of alkyl halides is 3. The van der Waals surface area contributed by atoms with Gasteiger partial charge in [-0.1, -0.05) is 0 Å². The summed E-state index contributed by atoms with van der Waals surface area (Å²) in [5, 5.41) is 6.80. The minimum Gasteiger partial charge on any atom is -0.350 e. The van der Waals surface area contributed by atoms with Crippen molar-refractivity contribution in [2.24, 2.45) is 0 Å². The van der Waals surface area contributed by atoms with Crippen molar-refractivity contribution in [3.05, 3.63) is 56.8 Å². The van der Waals surface area contributed by atoms with Gasteiger partial charge in [-0.25, -0.2) is 4.98 Å². The molecular weight excluding hydrogens is 423 g/mol. The van der Waals surface area contributed by atoms with Crippen LogP contribution < -0.4 is 10.7 Å². The third-order valence-corrected chi connectivity index (χ3v) is 5.78. The summed E-state index contributed by atoms with van der Waals surface area (Å²) in [6.45, 7) is 4.38. The fourth-order valence-electron chi connectivity index (χ4n) is 4.22. The van der Waals surface area contributed by atoms with Crippen LogP contribution in [-0.2, 0) is 32.1 Å². The Morgan fingerprint density at radius 1 is 1.22 bits per heavy atom. The highest BCUT2D eigenvalue weighted by Gasteiger charge is 2.39. The minimum absolute atomic E-state index is 0.0246. The summed E-state index contributed by atoms with van der Waals surface area (Å²) < 4.78 is 43.1. The van der Waals surface area contributed by atoms with E-state index < -0.39 is 23.2 Å². The summed E-state index contributed by atoms with van der Waals surface area (Å²) in [6.07, 6.45) is -0.618. The first-order chi connectivity index (χ1) is 15.2. The Kier molecular flexibility index (Phi) is 5.79. The molecule has 0 saturated heterocycles. The van der Waals surface area contributed by atoms with Crippen molar-refractivity contribution in [3.8, 4) is 0 Å². The molecule has 0 unspecified atom stereocenters. The molecule has 0 saturated carbocycles. The Balaban J connectivity index is 1.55. The van der Waals surface area contributed by atoms with Crippen LogP contribution in [0, 0.1) is 6.92 Å². The molecule has 1 N–H and O–H groups in total. The summed E-state index contributed by atoms with van der Waals surface area (Å²) in [5.74, 6) is -0.572. The normalized spacial score (nSPS) is 13.9. The number of fused-ring (bicyclic) bond motifs is 2. The van der Waals surface area contributed by atoms with Crippen molar-refractivity contribution in [1.82, 2.24) is 24.6 Å². The first-order valence-corrected chi connectivity index (χ1v) is 10.7. The van der Waals surface area contributed by atoms with Gasteiger partial charge in [0, 0.05) is 36.2 Å². The third-order valence-electron chi connectivity index (χ3n) is 5.78. The van der Waals surface area contributed by atoms with Crippen LogP contribution in [0.3, 0.4) is 0 Å². The van der Waals surface area contributed by atoms with Gasteiger partial charge in [0.05, 0.1) is 11.9 Å². The maximum atomic E-state index is 13.3. The Labute approximate surface area is 182 Å². The van der Waals surface area contributed by atoms with E-state index in [1.807, 2.05) is 13.8 Å². The second-order valence-corrected chi connectivity index (χ2v) is 7.94. The molecule has 0 bridgehead atoms. The number of nitrogens with one attached hydrogen (secondary N) is 1. The zero-order valence-corrected chi connectivity index (χ0v) is 17.9. The van der Waals surface area contributed by atoms with Crippen LogP contribution in [0.1, 0.15) is 52.8 Å². The van der Waals surface area contributed by atoms with E-state index in [0.717, 1.165) is 12.1 Å². The van der Waals surface area contributed by atoms with Crippen LogP contribution in [0.2, 0.25) is 0 Å². The summed E-state index contributed by atoms with van der Waals surface area (Å²) in [4.78, 5) is 30.0. The molecule has 1 aliphatic carbocycles. The van der Waals surface area contributed by atoms with Gasteiger partial charge in [0.15, 0.2) is 5.69 Å². The molecule has 0 spiro atoms. The highest BCUT2D eigenvalue weighted by Crippen LogP contribution is 2.35. The Morgan fingerprint density at radius 3 is 2.69 bits per heavy atom. The van der Waals surface area contributed by atoms with Gasteiger partial charge in [-0.2, -0.15) is 18.3 Å². The fraction of sp³-hybridized carbons (Fsp3) is 0.455. The largest absolute Gasteiger partial charge is 0.435 e. The minimum atomic E-state index is -4.50. The lowest BCUT2D eigenvalue weighted by atomic mass is 9.95. The molecule has 170 valence electrons. The van der Waals surface area contributed by atoms with Crippen molar-refractivity contribution in [2.75, 3.05) is 6.54 Å². The van der Waals surface area contributed by atoms with E-state index >= 15 is 0 Å². The molecule has 3 heterocycles. The molecule has 0 aliphatic heterocycles. The molecule has 4 rings (SSSR count). The topological polar surface area (TPSA) is 81.8 Å². The lowest BCUT2D eigenvalue weighted by Gasteiger charge is -2.15. The Hall–Kier alpha value is -3.17. The molecule has 3 aromatic heterocycles. The van der Waals surface area contributed by atoms with Gasteiger partial charge < -0.3 is 9.88 Å². The zero-order chi connectivity index (χ0) is 23.0. The van der Waals surface area contributed by atoms with E-state index in [1.54, 1.807) is 16.7 Å². The second kappa shape index (κ2) is 8.40. The molecule has 3 aromatic rings. The highest BCUT2D eigenvalue weighted by molar-refractivity contribution is 5.96. The standard InChI is InChI=1S/C22H24F3N5O2/c1-3-29-12-16(18(31)15-9-8-13(2)27-20(15)29)21(32)26-10-11-30-17-7-5-4-6-14(17)19(28-30)22(23,24)25/h8-9,12H,3-7,10-11H2,1-2H3,(H,26,32). The lowest BCUT2D eigenvalue weighted by Crippen LogP contribution is -2.32. The maximum Gasteiger partial charge on any atom is 0.435 e. The first-order valence-electron chi connectivity index (χ1n) is 10.7. The number of halogens is 3. The molecule has 0 atom stereocenters. The maximum absolute atomic E-state index is 13.3. The van der Waals surface area contributed by atoms with E-state index in [2.05, 4.69) is 15.4 Å². The predicted octanol–water partition coefficient (Wildman–Crippen LogP) is 3.25. The van der Waals surface area contributed by atoms with Crippen LogP contribution in [-0.4, -0.2) is 31.8 Å². The number of amides is 1.